The van der Waals surface area contributed by atoms with Gasteiger partial charge in [-0.2, -0.15) is 5.26 Å². The van der Waals surface area contributed by atoms with Gasteiger partial charge in [0.25, 0.3) is 0 Å². The molecule has 0 atom stereocenters. The van der Waals surface area contributed by atoms with E-state index in [4.69, 9.17) is 5.26 Å². The van der Waals surface area contributed by atoms with Crippen LogP contribution in [0.3, 0.4) is 0 Å². The Hall–Kier alpha value is -2.54. The van der Waals surface area contributed by atoms with Crippen molar-refractivity contribution in [1.29, 1.82) is 5.26 Å². The first-order chi connectivity index (χ1) is 9.22. The Labute approximate surface area is 111 Å². The summed E-state index contributed by atoms with van der Waals surface area (Å²) in [6, 6.07) is 3.39. The van der Waals surface area contributed by atoms with Gasteiger partial charge in [-0.1, -0.05) is 0 Å². The molecule has 10 heteroatoms. The lowest BCUT2D eigenvalue weighted by atomic mass is 10.5. The highest BCUT2D eigenvalue weighted by atomic mass is 32.2. The molecule has 96 valence electrons. The molecule has 2 aromatic rings. The van der Waals surface area contributed by atoms with Gasteiger partial charge in [0.05, 0.1) is 7.11 Å². The van der Waals surface area contributed by atoms with Crippen LogP contribution in [0.15, 0.2) is 22.6 Å². The highest BCUT2D eigenvalue weighted by molar-refractivity contribution is 7.99. The minimum Gasteiger partial charge on any atom is -0.468 e. The molecule has 2 aromatic heterocycles. The summed E-state index contributed by atoms with van der Waals surface area (Å²) in [5.41, 5.74) is 0.240. The van der Waals surface area contributed by atoms with E-state index in [2.05, 4.69) is 30.2 Å². The van der Waals surface area contributed by atoms with Gasteiger partial charge in [0, 0.05) is 6.20 Å². The first kappa shape index (κ1) is 12.9. The smallest absolute Gasteiger partial charge is 0.327 e. The molecule has 0 unspecified atom stereocenters. The van der Waals surface area contributed by atoms with Gasteiger partial charge < -0.3 is 4.74 Å². The number of hydrogen-bond donors (Lipinski definition) is 0. The number of methoxy groups -OCH3 is 1. The third-order valence-electron chi connectivity index (χ3n) is 1.94. The number of hydrogen-bond acceptors (Lipinski definition) is 9. The second-order valence-corrected chi connectivity index (χ2v) is 4.07. The number of carbonyl (C=O) groups is 1. The third kappa shape index (κ3) is 3.23. The molecule has 19 heavy (non-hydrogen) atoms. The summed E-state index contributed by atoms with van der Waals surface area (Å²) in [5.74, 6) is -0.471. The van der Waals surface area contributed by atoms with Crippen LogP contribution in [-0.4, -0.2) is 43.3 Å². The monoisotopic (exact) mass is 277 g/mol. The SMILES string of the molecule is COC(=O)Cn1nnnc1Sc1nccc(C#N)n1. The Morgan fingerprint density at radius 2 is 2.47 bits per heavy atom. The molecule has 2 heterocycles. The molecule has 0 spiro atoms. The van der Waals surface area contributed by atoms with Crippen LogP contribution in [-0.2, 0) is 16.1 Å². The van der Waals surface area contributed by atoms with Crippen molar-refractivity contribution < 1.29 is 9.53 Å². The van der Waals surface area contributed by atoms with Gasteiger partial charge in [0.2, 0.25) is 5.16 Å². The predicted molar refractivity (Wildman–Crippen MR) is 60.7 cm³/mol. The Morgan fingerprint density at radius 1 is 1.63 bits per heavy atom. The van der Waals surface area contributed by atoms with Gasteiger partial charge in [0.15, 0.2) is 5.16 Å². The fourth-order valence-electron chi connectivity index (χ4n) is 1.09. The maximum absolute atomic E-state index is 11.2. The number of carbonyl (C=O) groups excluding carboxylic acids is 1. The van der Waals surface area contributed by atoms with Gasteiger partial charge in [0.1, 0.15) is 18.3 Å². The first-order valence-electron chi connectivity index (χ1n) is 4.97. The molecule has 0 N–H and O–H groups in total. The minimum absolute atomic E-state index is 0.107. The number of nitriles is 1. The van der Waals surface area contributed by atoms with Crippen molar-refractivity contribution in [3.63, 3.8) is 0 Å². The first-order valence-corrected chi connectivity index (χ1v) is 5.78. The normalized spacial score (nSPS) is 9.89. The summed E-state index contributed by atoms with van der Waals surface area (Å²) in [7, 11) is 1.28. The van der Waals surface area contributed by atoms with Crippen LogP contribution in [0.2, 0.25) is 0 Å². The fraction of sp³-hybridized carbons (Fsp3) is 0.222. The predicted octanol–water partition coefficient (Wildman–Crippen LogP) is -0.341. The van der Waals surface area contributed by atoms with Crippen LogP contribution in [0.5, 0.6) is 0 Å². The molecule has 0 fully saturated rings. The summed E-state index contributed by atoms with van der Waals surface area (Å²) in [6.45, 7) is -0.107. The van der Waals surface area contributed by atoms with Crippen LogP contribution in [0.25, 0.3) is 0 Å². The maximum atomic E-state index is 11.2. The van der Waals surface area contributed by atoms with Crippen LogP contribution in [0, 0.1) is 11.3 Å². The second kappa shape index (κ2) is 5.87. The molecule has 0 aliphatic rings. The zero-order valence-electron chi connectivity index (χ0n) is 9.72. The van der Waals surface area contributed by atoms with Crippen molar-refractivity contribution in [2.75, 3.05) is 7.11 Å². The van der Waals surface area contributed by atoms with Crippen LogP contribution < -0.4 is 0 Å². The van der Waals surface area contributed by atoms with E-state index < -0.39 is 5.97 Å². The van der Waals surface area contributed by atoms with Crippen molar-refractivity contribution in [3.8, 4) is 6.07 Å². The van der Waals surface area contributed by atoms with E-state index in [1.54, 1.807) is 0 Å². The number of tetrazole rings is 1. The fourth-order valence-corrected chi connectivity index (χ4v) is 1.79. The van der Waals surface area contributed by atoms with Crippen molar-refractivity contribution >= 4 is 17.7 Å². The van der Waals surface area contributed by atoms with E-state index in [1.807, 2.05) is 6.07 Å². The van der Waals surface area contributed by atoms with Crippen LogP contribution in [0.1, 0.15) is 5.69 Å². The molecule has 0 saturated carbocycles. The van der Waals surface area contributed by atoms with Crippen molar-refractivity contribution in [2.24, 2.45) is 0 Å². The molecule has 0 aliphatic heterocycles. The number of esters is 1. The lowest BCUT2D eigenvalue weighted by molar-refractivity contribution is -0.141. The summed E-state index contributed by atoms with van der Waals surface area (Å²) in [6.07, 6.45) is 1.46. The van der Waals surface area contributed by atoms with Crippen molar-refractivity contribution in [3.05, 3.63) is 18.0 Å². The Morgan fingerprint density at radius 3 is 3.21 bits per heavy atom. The number of aromatic nitrogens is 6. The zero-order chi connectivity index (χ0) is 13.7. The Kier molecular flexibility index (Phi) is 3.99. The molecule has 9 nitrogen and oxygen atoms in total. The molecule has 2 rings (SSSR count). The molecule has 0 saturated heterocycles. The third-order valence-corrected chi connectivity index (χ3v) is 2.79. The van der Waals surface area contributed by atoms with Crippen LogP contribution >= 0.6 is 11.8 Å². The lowest BCUT2D eigenvalue weighted by Crippen LogP contribution is -2.13. The molecular formula is C9H7N7O2S. The molecule has 0 radical (unpaired) electrons. The zero-order valence-corrected chi connectivity index (χ0v) is 10.5. The maximum Gasteiger partial charge on any atom is 0.327 e. The summed E-state index contributed by atoms with van der Waals surface area (Å²) >= 11 is 1.05. The lowest BCUT2D eigenvalue weighted by Gasteiger charge is -2.01. The van der Waals surface area contributed by atoms with E-state index in [1.165, 1.54) is 24.1 Å². The van der Waals surface area contributed by atoms with Gasteiger partial charge in [-0.05, 0) is 28.3 Å². The molecule has 0 amide bonds. The highest BCUT2D eigenvalue weighted by Gasteiger charge is 2.13. The van der Waals surface area contributed by atoms with Crippen LogP contribution in [0.4, 0.5) is 0 Å². The molecule has 0 aromatic carbocycles. The van der Waals surface area contributed by atoms with Gasteiger partial charge in [-0.15, -0.1) is 5.10 Å². The average Bonchev–Trinajstić information content (AvgIpc) is 2.86. The van der Waals surface area contributed by atoms with E-state index in [-0.39, 0.29) is 12.2 Å². The topological polar surface area (TPSA) is 119 Å². The van der Waals surface area contributed by atoms with E-state index in [9.17, 15) is 4.79 Å². The number of rotatable bonds is 4. The van der Waals surface area contributed by atoms with E-state index in [0.717, 1.165) is 11.8 Å². The summed E-state index contributed by atoms with van der Waals surface area (Å²) in [5, 5.41) is 20.3. The number of ether oxygens (including phenoxy) is 1. The van der Waals surface area contributed by atoms with E-state index >= 15 is 0 Å². The quantitative estimate of drug-likeness (QED) is 0.545. The van der Waals surface area contributed by atoms with Gasteiger partial charge in [-0.3, -0.25) is 4.79 Å². The Bertz CT molecular complexity index is 635. The largest absolute Gasteiger partial charge is 0.468 e. The summed E-state index contributed by atoms with van der Waals surface area (Å²) in [4.78, 5) is 19.1. The van der Waals surface area contributed by atoms with Gasteiger partial charge in [-0.25, -0.2) is 14.6 Å². The average molecular weight is 277 g/mol. The van der Waals surface area contributed by atoms with Crippen molar-refractivity contribution in [2.45, 2.75) is 16.9 Å². The molecular weight excluding hydrogens is 270 g/mol. The Balaban J connectivity index is 2.17. The molecule has 0 aliphatic carbocycles. The van der Waals surface area contributed by atoms with Gasteiger partial charge >= 0.3 is 5.97 Å². The highest BCUT2D eigenvalue weighted by Crippen LogP contribution is 2.21. The molecule has 0 bridgehead atoms. The standard InChI is InChI=1S/C9H7N7O2S/c1-18-7(17)5-16-9(13-14-15-16)19-8-11-3-2-6(4-10)12-8/h2-3H,5H2,1H3. The minimum atomic E-state index is -0.471. The van der Waals surface area contributed by atoms with Crippen molar-refractivity contribution in [1.82, 2.24) is 30.2 Å². The second-order valence-electron chi connectivity index (χ2n) is 3.13. The summed E-state index contributed by atoms with van der Waals surface area (Å²) < 4.78 is 5.79. The van der Waals surface area contributed by atoms with E-state index in [0.29, 0.717) is 10.3 Å². The number of nitrogens with zero attached hydrogens (tertiary/aromatic N) is 7.